The van der Waals surface area contributed by atoms with Crippen molar-refractivity contribution in [2.75, 3.05) is 6.54 Å². The first-order chi connectivity index (χ1) is 8.31. The van der Waals surface area contributed by atoms with E-state index in [1.54, 1.807) is 4.90 Å². The van der Waals surface area contributed by atoms with Crippen molar-refractivity contribution >= 4 is 12.0 Å². The van der Waals surface area contributed by atoms with Gasteiger partial charge in [0.05, 0.1) is 5.92 Å². The molecule has 3 atom stereocenters. The lowest BCUT2D eigenvalue weighted by Gasteiger charge is -2.36. The van der Waals surface area contributed by atoms with Crippen molar-refractivity contribution in [2.24, 2.45) is 11.3 Å². The average molecular weight is 254 g/mol. The number of hydrogen-bond acceptors (Lipinski definition) is 2. The third kappa shape index (κ3) is 2.60. The molecule has 2 rings (SSSR count). The monoisotopic (exact) mass is 254 g/mol. The van der Waals surface area contributed by atoms with Crippen LogP contribution in [0.5, 0.6) is 0 Å². The smallest absolute Gasteiger partial charge is 0.317 e. The number of carbonyl (C=O) groups is 2. The van der Waals surface area contributed by atoms with Gasteiger partial charge in [-0.1, -0.05) is 13.8 Å². The summed E-state index contributed by atoms with van der Waals surface area (Å²) in [6.45, 7) is 6.74. The Balaban J connectivity index is 1.87. The molecule has 5 heteroatoms. The Morgan fingerprint density at radius 1 is 1.39 bits per heavy atom. The van der Waals surface area contributed by atoms with Crippen LogP contribution in [0.2, 0.25) is 0 Å². The van der Waals surface area contributed by atoms with Crippen molar-refractivity contribution in [3.8, 4) is 0 Å². The van der Waals surface area contributed by atoms with Gasteiger partial charge in [-0.3, -0.25) is 4.79 Å². The number of urea groups is 1. The van der Waals surface area contributed by atoms with Gasteiger partial charge < -0.3 is 15.3 Å². The molecule has 1 heterocycles. The Labute approximate surface area is 108 Å². The maximum atomic E-state index is 12.1. The number of nitrogens with one attached hydrogen (secondary N) is 1. The van der Waals surface area contributed by atoms with Crippen LogP contribution < -0.4 is 5.32 Å². The van der Waals surface area contributed by atoms with Crippen LogP contribution in [0.4, 0.5) is 4.79 Å². The Kier molecular flexibility index (Phi) is 3.25. The van der Waals surface area contributed by atoms with E-state index in [-0.39, 0.29) is 29.4 Å². The highest BCUT2D eigenvalue weighted by atomic mass is 16.4. The Morgan fingerprint density at radius 2 is 2.00 bits per heavy atom. The lowest BCUT2D eigenvalue weighted by molar-refractivity contribution is -0.143. The summed E-state index contributed by atoms with van der Waals surface area (Å²) in [5.41, 5.74) is 0.221. The van der Waals surface area contributed by atoms with E-state index in [1.165, 1.54) is 0 Å². The molecule has 18 heavy (non-hydrogen) atoms. The summed E-state index contributed by atoms with van der Waals surface area (Å²) in [5, 5.41) is 12.0. The molecular formula is C13H22N2O3. The normalized spacial score (nSPS) is 33.9. The average Bonchev–Trinajstić information content (AvgIpc) is 2.85. The molecule has 1 saturated heterocycles. The number of carbonyl (C=O) groups excluding carboxylic acids is 1. The predicted octanol–water partition coefficient (Wildman–Crippen LogP) is 1.68. The number of aliphatic carboxylic acids is 1. The van der Waals surface area contributed by atoms with Gasteiger partial charge in [0.25, 0.3) is 0 Å². The van der Waals surface area contributed by atoms with Gasteiger partial charge in [0.2, 0.25) is 0 Å². The molecule has 102 valence electrons. The zero-order chi connectivity index (χ0) is 13.5. The third-order valence-corrected chi connectivity index (χ3v) is 4.30. The highest BCUT2D eigenvalue weighted by molar-refractivity contribution is 5.76. The number of nitrogens with zero attached hydrogens (tertiary/aromatic N) is 1. The molecule has 0 radical (unpaired) electrons. The van der Waals surface area contributed by atoms with Crippen LogP contribution in [0.3, 0.4) is 0 Å². The number of rotatable bonds is 2. The second-order valence-electron chi connectivity index (χ2n) is 6.30. The fourth-order valence-corrected chi connectivity index (χ4v) is 2.64. The highest BCUT2D eigenvalue weighted by Gasteiger charge is 2.47. The number of piperidine rings is 1. The zero-order valence-electron chi connectivity index (χ0n) is 11.3. The molecular weight excluding hydrogens is 232 g/mol. The molecule has 0 aromatic rings. The van der Waals surface area contributed by atoms with Crippen molar-refractivity contribution in [3.05, 3.63) is 0 Å². The number of hydrogen-bond donors (Lipinski definition) is 2. The number of carboxylic acid groups (broad SMARTS) is 1. The summed E-state index contributed by atoms with van der Waals surface area (Å²) in [6.07, 6.45) is 2.14. The lowest BCUT2D eigenvalue weighted by Crippen LogP contribution is -2.51. The first-order valence-electron chi connectivity index (χ1n) is 6.61. The molecule has 0 bridgehead atoms. The first-order valence-corrected chi connectivity index (χ1v) is 6.61. The van der Waals surface area contributed by atoms with Gasteiger partial charge in [0, 0.05) is 18.6 Å². The van der Waals surface area contributed by atoms with Crippen LogP contribution in [-0.4, -0.2) is 40.6 Å². The van der Waals surface area contributed by atoms with Crippen LogP contribution in [0.1, 0.15) is 40.0 Å². The molecule has 1 aliphatic carbocycles. The number of carboxylic acids is 1. The molecule has 0 spiro atoms. The third-order valence-electron chi connectivity index (χ3n) is 4.30. The Bertz CT molecular complexity index is 367. The minimum Gasteiger partial charge on any atom is -0.481 e. The Hall–Kier alpha value is -1.26. The molecule has 0 aromatic carbocycles. The van der Waals surface area contributed by atoms with E-state index < -0.39 is 5.97 Å². The lowest BCUT2D eigenvalue weighted by atomic mass is 9.92. The van der Waals surface area contributed by atoms with Crippen molar-refractivity contribution in [1.29, 1.82) is 0 Å². The molecule has 1 aliphatic heterocycles. The van der Waals surface area contributed by atoms with Gasteiger partial charge in [-0.25, -0.2) is 4.79 Å². The van der Waals surface area contributed by atoms with Crippen molar-refractivity contribution in [3.63, 3.8) is 0 Å². The molecule has 2 amide bonds. The van der Waals surface area contributed by atoms with Gasteiger partial charge in [-0.15, -0.1) is 0 Å². The summed E-state index contributed by atoms with van der Waals surface area (Å²) in [6, 6.07) is 0.234. The SMILES string of the molecule is CC1CC(C(=O)O)CCN1C(=O)NC1CC1(C)C. The highest BCUT2D eigenvalue weighted by Crippen LogP contribution is 2.44. The van der Waals surface area contributed by atoms with E-state index in [4.69, 9.17) is 5.11 Å². The summed E-state index contributed by atoms with van der Waals surface area (Å²) in [5.74, 6) is -1.05. The van der Waals surface area contributed by atoms with Gasteiger partial charge in [0.15, 0.2) is 0 Å². The largest absolute Gasteiger partial charge is 0.481 e. The first kappa shape index (κ1) is 13.2. The molecule has 1 saturated carbocycles. The maximum absolute atomic E-state index is 12.1. The summed E-state index contributed by atoms with van der Waals surface area (Å²) < 4.78 is 0. The molecule has 3 unspecified atom stereocenters. The van der Waals surface area contributed by atoms with Gasteiger partial charge in [-0.2, -0.15) is 0 Å². The van der Waals surface area contributed by atoms with Crippen LogP contribution in [0.15, 0.2) is 0 Å². The molecule has 2 fully saturated rings. The Morgan fingerprint density at radius 3 is 2.44 bits per heavy atom. The topological polar surface area (TPSA) is 69.6 Å². The van der Waals surface area contributed by atoms with E-state index in [9.17, 15) is 9.59 Å². The maximum Gasteiger partial charge on any atom is 0.317 e. The predicted molar refractivity (Wildman–Crippen MR) is 67.2 cm³/mol. The van der Waals surface area contributed by atoms with E-state index in [0.717, 1.165) is 6.42 Å². The van der Waals surface area contributed by atoms with Crippen LogP contribution in [0, 0.1) is 11.3 Å². The molecule has 0 aromatic heterocycles. The van der Waals surface area contributed by atoms with E-state index in [2.05, 4.69) is 19.2 Å². The van der Waals surface area contributed by atoms with E-state index >= 15 is 0 Å². The molecule has 5 nitrogen and oxygen atoms in total. The number of likely N-dealkylation sites (tertiary alicyclic amines) is 1. The minimum atomic E-state index is -0.745. The summed E-state index contributed by atoms with van der Waals surface area (Å²) in [4.78, 5) is 24.8. The van der Waals surface area contributed by atoms with Crippen LogP contribution in [0.25, 0.3) is 0 Å². The van der Waals surface area contributed by atoms with Gasteiger partial charge >= 0.3 is 12.0 Å². The minimum absolute atomic E-state index is 0.00159. The second-order valence-corrected chi connectivity index (χ2v) is 6.30. The quantitative estimate of drug-likeness (QED) is 0.787. The molecule has 2 N–H and O–H groups in total. The summed E-state index contributed by atoms with van der Waals surface area (Å²) in [7, 11) is 0. The van der Waals surface area contributed by atoms with Crippen molar-refractivity contribution < 1.29 is 14.7 Å². The van der Waals surface area contributed by atoms with E-state index in [0.29, 0.717) is 19.4 Å². The fourth-order valence-electron chi connectivity index (χ4n) is 2.64. The van der Waals surface area contributed by atoms with Crippen LogP contribution >= 0.6 is 0 Å². The standard InChI is InChI=1S/C13H22N2O3/c1-8-6-9(11(16)17)4-5-15(8)12(18)14-10-7-13(10,2)3/h8-10H,4-7H2,1-3H3,(H,14,18)(H,16,17). The van der Waals surface area contributed by atoms with Gasteiger partial charge in [-0.05, 0) is 31.6 Å². The number of amides is 2. The summed E-state index contributed by atoms with van der Waals surface area (Å²) >= 11 is 0. The van der Waals surface area contributed by atoms with Crippen LogP contribution in [-0.2, 0) is 4.79 Å². The van der Waals surface area contributed by atoms with Crippen molar-refractivity contribution in [2.45, 2.75) is 52.1 Å². The van der Waals surface area contributed by atoms with E-state index in [1.807, 2.05) is 6.92 Å². The van der Waals surface area contributed by atoms with Gasteiger partial charge in [0.1, 0.15) is 0 Å². The van der Waals surface area contributed by atoms with Crippen molar-refractivity contribution in [1.82, 2.24) is 10.2 Å². The zero-order valence-corrected chi connectivity index (χ0v) is 11.3. The fraction of sp³-hybridized carbons (Fsp3) is 0.846. The molecule has 2 aliphatic rings. The second kappa shape index (κ2) is 4.44.